The highest BCUT2D eigenvalue weighted by molar-refractivity contribution is 7.92. The van der Waals surface area contributed by atoms with Gasteiger partial charge in [-0.3, -0.25) is 9.10 Å². The Labute approximate surface area is 230 Å². The number of para-hydroxylation sites is 1. The maximum atomic E-state index is 13.6. The third kappa shape index (κ3) is 5.76. The van der Waals surface area contributed by atoms with Gasteiger partial charge in [0.15, 0.2) is 0 Å². The van der Waals surface area contributed by atoms with Crippen LogP contribution in [0.15, 0.2) is 59.0 Å². The van der Waals surface area contributed by atoms with E-state index in [0.717, 1.165) is 10.6 Å². The first-order chi connectivity index (χ1) is 19.1. The zero-order valence-corrected chi connectivity index (χ0v) is 23.2. The summed E-state index contributed by atoms with van der Waals surface area (Å²) < 4.78 is 57.0. The minimum absolute atomic E-state index is 0.0377. The van der Waals surface area contributed by atoms with Crippen LogP contribution in [0.2, 0.25) is 0 Å². The summed E-state index contributed by atoms with van der Waals surface area (Å²) in [4.78, 5) is 29.5. The third-order valence-corrected chi connectivity index (χ3v) is 7.32. The molecule has 0 saturated heterocycles. The van der Waals surface area contributed by atoms with Crippen LogP contribution in [0.3, 0.4) is 0 Å². The number of carbonyl (C=O) groups excluding carboxylic acids is 2. The molecule has 2 aromatic carbocycles. The Hall–Kier alpha value is -4.45. The molecule has 0 radical (unpaired) electrons. The number of ether oxygens (including phenoxy) is 2. The molecule has 0 atom stereocenters. The van der Waals surface area contributed by atoms with Gasteiger partial charge in [0.2, 0.25) is 15.7 Å². The van der Waals surface area contributed by atoms with Crippen molar-refractivity contribution in [2.45, 2.75) is 13.3 Å². The van der Waals surface area contributed by atoms with Crippen LogP contribution in [0, 0.1) is 5.82 Å². The fraction of sp³-hybridized carbons (Fsp3) is 0.250. The van der Waals surface area contributed by atoms with Gasteiger partial charge < -0.3 is 19.2 Å². The minimum atomic E-state index is -3.85. The highest BCUT2D eigenvalue weighted by Gasteiger charge is 2.28. The van der Waals surface area contributed by atoms with Crippen molar-refractivity contribution < 1.29 is 36.3 Å². The number of aromatic nitrogens is 1. The number of methoxy groups -OCH3 is 1. The molecule has 1 N–H and O–H groups in total. The van der Waals surface area contributed by atoms with Gasteiger partial charge >= 0.3 is 5.97 Å². The van der Waals surface area contributed by atoms with Gasteiger partial charge in [-0.25, -0.2) is 17.6 Å². The highest BCUT2D eigenvalue weighted by Crippen LogP contribution is 2.36. The molecule has 40 heavy (non-hydrogen) atoms. The van der Waals surface area contributed by atoms with E-state index in [1.807, 2.05) is 6.92 Å². The molecule has 0 spiro atoms. The maximum absolute atomic E-state index is 13.6. The summed E-state index contributed by atoms with van der Waals surface area (Å²) in [5, 5.41) is 2.97. The van der Waals surface area contributed by atoms with Crippen molar-refractivity contribution in [3.8, 4) is 17.1 Å². The van der Waals surface area contributed by atoms with E-state index in [4.69, 9.17) is 13.9 Å². The van der Waals surface area contributed by atoms with E-state index in [1.165, 1.54) is 38.4 Å². The third-order valence-electron chi connectivity index (χ3n) is 6.16. The van der Waals surface area contributed by atoms with Crippen molar-refractivity contribution in [2.75, 3.05) is 37.9 Å². The summed E-state index contributed by atoms with van der Waals surface area (Å²) in [5.41, 5.74) is 1.44. The second-order valence-corrected chi connectivity index (χ2v) is 10.6. The number of aryl methyl sites for hydroxylation is 1. The predicted molar refractivity (Wildman–Crippen MR) is 148 cm³/mol. The molecule has 4 rings (SSSR count). The predicted octanol–water partition coefficient (Wildman–Crippen LogP) is 4.19. The van der Waals surface area contributed by atoms with Crippen LogP contribution in [0.1, 0.15) is 33.2 Å². The standard InChI is InChI=1S/C28H28FN3O7S/c1-5-17-16-21-23(26(33)30-2)24(18-10-12-19(29)13-11-18)39-27(21)31-25(17)32(40(4,35)36)14-15-38-22-9-7-6-8-20(22)28(34)37-3/h6-13,16H,5,14-15H2,1-4H3,(H,30,33). The number of sulfonamides is 1. The van der Waals surface area contributed by atoms with Crippen LogP contribution < -0.4 is 14.4 Å². The molecule has 10 nitrogen and oxygen atoms in total. The van der Waals surface area contributed by atoms with Crippen LogP contribution in [0.4, 0.5) is 10.2 Å². The molecule has 12 heteroatoms. The molecular formula is C28H28FN3O7S. The Bertz CT molecular complexity index is 1670. The smallest absolute Gasteiger partial charge is 0.341 e. The summed E-state index contributed by atoms with van der Waals surface area (Å²) in [6, 6.07) is 13.6. The van der Waals surface area contributed by atoms with Gasteiger partial charge in [-0.2, -0.15) is 4.98 Å². The number of esters is 1. The Morgan fingerprint density at radius 3 is 2.45 bits per heavy atom. The second kappa shape index (κ2) is 11.7. The molecular weight excluding hydrogens is 541 g/mol. The highest BCUT2D eigenvalue weighted by atomic mass is 32.2. The van der Waals surface area contributed by atoms with E-state index in [-0.39, 0.29) is 47.3 Å². The average Bonchev–Trinajstić information content (AvgIpc) is 3.32. The van der Waals surface area contributed by atoms with E-state index in [0.29, 0.717) is 22.9 Å². The molecule has 210 valence electrons. The van der Waals surface area contributed by atoms with Crippen molar-refractivity contribution in [1.29, 1.82) is 0 Å². The van der Waals surface area contributed by atoms with Gasteiger partial charge in [0, 0.05) is 12.6 Å². The van der Waals surface area contributed by atoms with Gasteiger partial charge in [-0.15, -0.1) is 0 Å². The van der Waals surface area contributed by atoms with E-state index >= 15 is 0 Å². The number of pyridine rings is 1. The lowest BCUT2D eigenvalue weighted by Crippen LogP contribution is -2.35. The minimum Gasteiger partial charge on any atom is -0.491 e. The number of benzene rings is 2. The SMILES string of the molecule is CCc1cc2c(C(=O)NC)c(-c3ccc(F)cc3)oc2nc1N(CCOc1ccccc1C(=O)OC)S(C)(=O)=O. The summed E-state index contributed by atoms with van der Waals surface area (Å²) in [7, 11) is -1.12. The Kier molecular flexibility index (Phi) is 8.38. The second-order valence-electron chi connectivity index (χ2n) is 8.74. The first kappa shape index (κ1) is 28.6. The molecule has 2 heterocycles. The number of anilines is 1. The first-order valence-electron chi connectivity index (χ1n) is 12.3. The van der Waals surface area contributed by atoms with Crippen molar-refractivity contribution in [2.24, 2.45) is 0 Å². The quantitative estimate of drug-likeness (QED) is 0.282. The number of nitrogens with one attached hydrogen (secondary N) is 1. The van der Waals surface area contributed by atoms with Crippen molar-refractivity contribution in [3.05, 3.63) is 77.1 Å². The van der Waals surface area contributed by atoms with E-state index in [9.17, 15) is 22.4 Å². The number of nitrogens with zero attached hydrogens (tertiary/aromatic N) is 2. The fourth-order valence-electron chi connectivity index (χ4n) is 4.23. The molecule has 0 fully saturated rings. The molecule has 0 aliphatic carbocycles. The van der Waals surface area contributed by atoms with Crippen LogP contribution in [0.5, 0.6) is 5.75 Å². The Morgan fingerprint density at radius 1 is 1.12 bits per heavy atom. The molecule has 0 bridgehead atoms. The monoisotopic (exact) mass is 569 g/mol. The van der Waals surface area contributed by atoms with Gasteiger partial charge in [0.1, 0.15) is 35.3 Å². The summed E-state index contributed by atoms with van der Waals surface area (Å²) in [6.45, 7) is 1.59. The maximum Gasteiger partial charge on any atom is 0.341 e. The summed E-state index contributed by atoms with van der Waals surface area (Å²) in [6.07, 6.45) is 1.43. The van der Waals surface area contributed by atoms with Crippen molar-refractivity contribution in [1.82, 2.24) is 10.3 Å². The molecule has 4 aromatic rings. The van der Waals surface area contributed by atoms with Crippen LogP contribution in [-0.2, 0) is 21.2 Å². The normalized spacial score (nSPS) is 11.3. The lowest BCUT2D eigenvalue weighted by Gasteiger charge is -2.23. The zero-order valence-electron chi connectivity index (χ0n) is 22.4. The fourth-order valence-corrected chi connectivity index (χ4v) is 5.10. The zero-order chi connectivity index (χ0) is 29.0. The van der Waals surface area contributed by atoms with Crippen LogP contribution in [0.25, 0.3) is 22.4 Å². The molecule has 1 amide bonds. The number of fused-ring (bicyclic) bond motifs is 1. The van der Waals surface area contributed by atoms with Gasteiger partial charge in [0.25, 0.3) is 5.91 Å². The van der Waals surface area contributed by atoms with Gasteiger partial charge in [-0.05, 0) is 54.4 Å². The van der Waals surface area contributed by atoms with E-state index in [1.54, 1.807) is 30.3 Å². The number of halogens is 1. The molecule has 2 aromatic heterocycles. The van der Waals surface area contributed by atoms with Crippen molar-refractivity contribution >= 4 is 38.8 Å². The number of carbonyl (C=O) groups is 2. The largest absolute Gasteiger partial charge is 0.491 e. The number of furan rings is 1. The Balaban J connectivity index is 1.76. The number of rotatable bonds is 10. The number of hydrogen-bond acceptors (Lipinski definition) is 8. The Morgan fingerprint density at radius 2 is 1.82 bits per heavy atom. The van der Waals surface area contributed by atoms with Crippen molar-refractivity contribution in [3.63, 3.8) is 0 Å². The molecule has 0 saturated carbocycles. The van der Waals surface area contributed by atoms with Crippen LogP contribution in [-0.4, -0.2) is 58.8 Å². The average molecular weight is 570 g/mol. The van der Waals surface area contributed by atoms with Crippen LogP contribution >= 0.6 is 0 Å². The number of amides is 1. The lowest BCUT2D eigenvalue weighted by molar-refractivity contribution is 0.0596. The lowest BCUT2D eigenvalue weighted by atomic mass is 10.0. The van der Waals surface area contributed by atoms with Gasteiger partial charge in [0.05, 0.1) is 30.9 Å². The summed E-state index contributed by atoms with van der Waals surface area (Å²) in [5.74, 6) is -0.938. The first-order valence-corrected chi connectivity index (χ1v) is 14.2. The molecule has 0 unspecified atom stereocenters. The van der Waals surface area contributed by atoms with E-state index < -0.39 is 27.7 Å². The van der Waals surface area contributed by atoms with Gasteiger partial charge in [-0.1, -0.05) is 19.1 Å². The molecule has 0 aliphatic heterocycles. The summed E-state index contributed by atoms with van der Waals surface area (Å²) >= 11 is 0. The number of hydrogen-bond donors (Lipinski definition) is 1. The molecule has 0 aliphatic rings. The topological polar surface area (TPSA) is 128 Å². The van der Waals surface area contributed by atoms with E-state index in [2.05, 4.69) is 10.3 Å².